The van der Waals surface area contributed by atoms with Gasteiger partial charge in [-0.05, 0) is 30.3 Å². The summed E-state index contributed by atoms with van der Waals surface area (Å²) in [7, 11) is 1.48. The highest BCUT2D eigenvalue weighted by Gasteiger charge is 2.11. The number of likely N-dealkylation sites (N-methyl/N-ethyl adjacent to an activating group) is 1. The van der Waals surface area contributed by atoms with Crippen molar-refractivity contribution in [2.45, 2.75) is 0 Å². The van der Waals surface area contributed by atoms with Crippen molar-refractivity contribution in [2.24, 2.45) is 0 Å². The van der Waals surface area contributed by atoms with Gasteiger partial charge < -0.3 is 10.6 Å². The predicted octanol–water partition coefficient (Wildman–Crippen LogP) is 0.692. The van der Waals surface area contributed by atoms with Crippen LogP contribution in [0.1, 0.15) is 10.5 Å². The van der Waals surface area contributed by atoms with Crippen LogP contribution >= 0.6 is 0 Å². The van der Waals surface area contributed by atoms with Gasteiger partial charge in [0.1, 0.15) is 11.5 Å². The number of carbonyl (C=O) groups excluding carboxylic acids is 2. The highest BCUT2D eigenvalue weighted by Crippen LogP contribution is 2.17. The standard InChI is InChI=1S/C13H13FN4O2/c1-15-12(19)7-16-13(20)11-6-10(17-18-11)8-2-4-9(14)5-3-8/h2-6H,7H2,1H3,(H,15,19)(H,16,20)(H,17,18). The van der Waals surface area contributed by atoms with Gasteiger partial charge in [-0.1, -0.05) is 0 Å². The number of nitrogens with one attached hydrogen (secondary N) is 3. The average molecular weight is 276 g/mol. The van der Waals surface area contributed by atoms with Gasteiger partial charge in [0.15, 0.2) is 0 Å². The van der Waals surface area contributed by atoms with Crippen molar-refractivity contribution in [2.75, 3.05) is 13.6 Å². The van der Waals surface area contributed by atoms with Gasteiger partial charge in [0, 0.05) is 12.6 Å². The zero-order valence-corrected chi connectivity index (χ0v) is 10.7. The summed E-state index contributed by atoms with van der Waals surface area (Å²) in [5.74, 6) is -1.07. The fourth-order valence-electron chi connectivity index (χ4n) is 1.55. The second-order valence-corrected chi connectivity index (χ2v) is 4.03. The molecule has 0 saturated carbocycles. The lowest BCUT2D eigenvalue weighted by Gasteiger charge is -2.01. The highest BCUT2D eigenvalue weighted by molar-refractivity contribution is 5.95. The summed E-state index contributed by atoms with van der Waals surface area (Å²) in [4.78, 5) is 22.8. The maximum absolute atomic E-state index is 12.8. The molecule has 0 aliphatic heterocycles. The Hall–Kier alpha value is -2.70. The first-order chi connectivity index (χ1) is 9.60. The lowest BCUT2D eigenvalue weighted by Crippen LogP contribution is -2.35. The molecule has 0 unspecified atom stereocenters. The Morgan fingerprint density at radius 1 is 1.30 bits per heavy atom. The molecule has 1 aromatic heterocycles. The smallest absolute Gasteiger partial charge is 0.269 e. The Labute approximate surface area is 114 Å². The van der Waals surface area contributed by atoms with Crippen LogP contribution in [0.25, 0.3) is 11.3 Å². The lowest BCUT2D eigenvalue weighted by atomic mass is 10.1. The number of hydrogen-bond acceptors (Lipinski definition) is 3. The number of hydrogen-bond donors (Lipinski definition) is 3. The number of halogens is 1. The molecule has 0 aliphatic rings. The van der Waals surface area contributed by atoms with Crippen LogP contribution < -0.4 is 10.6 Å². The third-order valence-electron chi connectivity index (χ3n) is 2.65. The molecule has 0 saturated heterocycles. The summed E-state index contributed by atoms with van der Waals surface area (Å²) in [6.07, 6.45) is 0. The number of carbonyl (C=O) groups is 2. The Morgan fingerprint density at radius 2 is 2.00 bits per heavy atom. The first-order valence-corrected chi connectivity index (χ1v) is 5.90. The van der Waals surface area contributed by atoms with Crippen LogP contribution in [0.3, 0.4) is 0 Å². The van der Waals surface area contributed by atoms with E-state index in [0.717, 1.165) is 0 Å². The van der Waals surface area contributed by atoms with Crippen LogP contribution in [-0.4, -0.2) is 35.6 Å². The van der Waals surface area contributed by atoms with E-state index in [4.69, 9.17) is 0 Å². The van der Waals surface area contributed by atoms with E-state index < -0.39 is 5.91 Å². The summed E-state index contributed by atoms with van der Waals surface area (Å²) in [6, 6.07) is 7.30. The summed E-state index contributed by atoms with van der Waals surface area (Å²) < 4.78 is 12.8. The normalized spacial score (nSPS) is 10.1. The van der Waals surface area contributed by atoms with E-state index in [1.54, 1.807) is 12.1 Å². The molecule has 6 nitrogen and oxygen atoms in total. The molecule has 0 bridgehead atoms. The molecule has 0 fully saturated rings. The van der Waals surface area contributed by atoms with Gasteiger partial charge in [0.2, 0.25) is 5.91 Å². The first-order valence-electron chi connectivity index (χ1n) is 5.90. The monoisotopic (exact) mass is 276 g/mol. The van der Waals surface area contributed by atoms with Gasteiger partial charge >= 0.3 is 0 Å². The molecule has 0 spiro atoms. The maximum Gasteiger partial charge on any atom is 0.269 e. The Morgan fingerprint density at radius 3 is 2.65 bits per heavy atom. The Balaban J connectivity index is 2.06. The third-order valence-corrected chi connectivity index (χ3v) is 2.65. The van der Waals surface area contributed by atoms with Gasteiger partial charge in [0.25, 0.3) is 5.91 Å². The second kappa shape index (κ2) is 5.96. The molecule has 104 valence electrons. The molecule has 7 heteroatoms. The van der Waals surface area contributed by atoms with E-state index in [0.29, 0.717) is 11.3 Å². The quantitative estimate of drug-likeness (QED) is 0.768. The third kappa shape index (κ3) is 3.19. The number of benzene rings is 1. The topological polar surface area (TPSA) is 86.9 Å². The molecule has 0 radical (unpaired) electrons. The first kappa shape index (κ1) is 13.7. The van der Waals surface area contributed by atoms with E-state index in [1.807, 2.05) is 0 Å². The molecule has 2 rings (SSSR count). The largest absolute Gasteiger partial charge is 0.358 e. The van der Waals surface area contributed by atoms with Crippen LogP contribution in [0.15, 0.2) is 30.3 Å². The number of nitrogens with zero attached hydrogens (tertiary/aromatic N) is 1. The van der Waals surface area contributed by atoms with Crippen molar-refractivity contribution in [1.29, 1.82) is 0 Å². The van der Waals surface area contributed by atoms with Gasteiger partial charge in [-0.25, -0.2) is 4.39 Å². The molecular weight excluding hydrogens is 263 g/mol. The van der Waals surface area contributed by atoms with Gasteiger partial charge in [-0.15, -0.1) is 0 Å². The number of H-pyrrole nitrogens is 1. The van der Waals surface area contributed by atoms with Crippen molar-refractivity contribution < 1.29 is 14.0 Å². The lowest BCUT2D eigenvalue weighted by molar-refractivity contribution is -0.119. The summed E-state index contributed by atoms with van der Waals surface area (Å²) >= 11 is 0. The second-order valence-electron chi connectivity index (χ2n) is 4.03. The van der Waals surface area contributed by atoms with Crippen LogP contribution in [-0.2, 0) is 4.79 Å². The van der Waals surface area contributed by atoms with E-state index >= 15 is 0 Å². The fraction of sp³-hybridized carbons (Fsp3) is 0.154. The summed E-state index contributed by atoms with van der Waals surface area (Å²) in [5, 5.41) is 11.4. The van der Waals surface area contributed by atoms with Crippen molar-refractivity contribution in [3.63, 3.8) is 0 Å². The van der Waals surface area contributed by atoms with Gasteiger partial charge in [-0.3, -0.25) is 14.7 Å². The molecular formula is C13H13FN4O2. The zero-order chi connectivity index (χ0) is 14.5. The number of aromatic nitrogens is 2. The van der Waals surface area contributed by atoms with E-state index in [9.17, 15) is 14.0 Å². The Bertz CT molecular complexity index is 622. The SMILES string of the molecule is CNC(=O)CNC(=O)c1cc(-c2ccc(F)cc2)n[nH]1. The number of amides is 2. The fourth-order valence-corrected chi connectivity index (χ4v) is 1.55. The van der Waals surface area contributed by atoms with Crippen molar-refractivity contribution in [1.82, 2.24) is 20.8 Å². The summed E-state index contributed by atoms with van der Waals surface area (Å²) in [5.41, 5.74) is 1.44. The van der Waals surface area contributed by atoms with Gasteiger partial charge in [0.05, 0.1) is 12.2 Å². The van der Waals surface area contributed by atoms with Crippen LogP contribution in [0.5, 0.6) is 0 Å². The van der Waals surface area contributed by atoms with Gasteiger partial charge in [-0.2, -0.15) is 5.10 Å². The van der Waals surface area contributed by atoms with E-state index in [-0.39, 0.29) is 24.0 Å². The van der Waals surface area contributed by atoms with Crippen LogP contribution in [0.4, 0.5) is 4.39 Å². The zero-order valence-electron chi connectivity index (χ0n) is 10.7. The molecule has 20 heavy (non-hydrogen) atoms. The molecule has 1 heterocycles. The van der Waals surface area contributed by atoms with Crippen molar-refractivity contribution in [3.05, 3.63) is 41.8 Å². The molecule has 0 atom stereocenters. The Kier molecular flexibility index (Phi) is 4.09. The van der Waals surface area contributed by atoms with E-state index in [2.05, 4.69) is 20.8 Å². The minimum atomic E-state index is -0.436. The molecule has 1 aromatic carbocycles. The van der Waals surface area contributed by atoms with Crippen molar-refractivity contribution >= 4 is 11.8 Å². The minimum Gasteiger partial charge on any atom is -0.358 e. The van der Waals surface area contributed by atoms with Crippen LogP contribution in [0, 0.1) is 5.82 Å². The number of aromatic amines is 1. The van der Waals surface area contributed by atoms with Crippen molar-refractivity contribution in [3.8, 4) is 11.3 Å². The highest BCUT2D eigenvalue weighted by atomic mass is 19.1. The number of rotatable bonds is 4. The maximum atomic E-state index is 12.8. The minimum absolute atomic E-state index is 0.111. The molecule has 0 aliphatic carbocycles. The van der Waals surface area contributed by atoms with Crippen LogP contribution in [0.2, 0.25) is 0 Å². The molecule has 3 N–H and O–H groups in total. The summed E-state index contributed by atoms with van der Waals surface area (Å²) in [6.45, 7) is -0.111. The predicted molar refractivity (Wildman–Crippen MR) is 70.4 cm³/mol. The molecule has 2 aromatic rings. The van der Waals surface area contributed by atoms with E-state index in [1.165, 1.54) is 25.2 Å². The molecule has 2 amide bonds. The average Bonchev–Trinajstić information content (AvgIpc) is 2.95.